The maximum absolute atomic E-state index is 13.0. The Morgan fingerprint density at radius 3 is 2.80 bits per heavy atom. The van der Waals surface area contributed by atoms with E-state index in [4.69, 9.17) is 0 Å². The van der Waals surface area contributed by atoms with E-state index in [0.29, 0.717) is 6.54 Å². The first-order valence-corrected chi connectivity index (χ1v) is 10.1. The second-order valence-electron chi connectivity index (χ2n) is 7.64. The third kappa shape index (κ3) is 2.82. The Labute approximate surface area is 173 Å². The Balaban J connectivity index is 1.80. The predicted molar refractivity (Wildman–Crippen MR) is 120 cm³/mol. The van der Waals surface area contributed by atoms with Crippen LogP contribution in [0.5, 0.6) is 0 Å². The highest BCUT2D eigenvalue weighted by Gasteiger charge is 2.24. The molecule has 0 bridgehead atoms. The van der Waals surface area contributed by atoms with Crippen molar-refractivity contribution < 1.29 is 4.79 Å². The molecule has 5 rings (SSSR count). The number of carbonyl (C=O) groups is 1. The minimum atomic E-state index is -0.110. The van der Waals surface area contributed by atoms with Gasteiger partial charge in [-0.1, -0.05) is 23.8 Å². The number of allylic oxidation sites excluding steroid dienone is 1. The largest absolute Gasteiger partial charge is 0.308 e. The van der Waals surface area contributed by atoms with Gasteiger partial charge in [0, 0.05) is 35.3 Å². The fourth-order valence-corrected chi connectivity index (χ4v) is 4.25. The van der Waals surface area contributed by atoms with Crippen LogP contribution < -0.4 is 10.5 Å². The van der Waals surface area contributed by atoms with Crippen molar-refractivity contribution in [2.75, 3.05) is 11.4 Å². The van der Waals surface area contributed by atoms with Gasteiger partial charge >= 0.3 is 0 Å². The van der Waals surface area contributed by atoms with Crippen LogP contribution in [-0.4, -0.2) is 22.0 Å². The molecular weight excluding hydrogens is 374 g/mol. The van der Waals surface area contributed by atoms with Crippen LogP contribution in [-0.2, 0) is 11.2 Å². The van der Waals surface area contributed by atoms with Crippen molar-refractivity contribution >= 4 is 33.4 Å². The molecule has 0 saturated heterocycles. The number of pyridine rings is 2. The highest BCUT2D eigenvalue weighted by Crippen LogP contribution is 2.32. The maximum atomic E-state index is 13.0. The van der Waals surface area contributed by atoms with E-state index in [1.54, 1.807) is 33.9 Å². The van der Waals surface area contributed by atoms with Gasteiger partial charge in [-0.25, -0.2) is 0 Å². The molecule has 2 aromatic carbocycles. The molecule has 30 heavy (non-hydrogen) atoms. The second kappa shape index (κ2) is 6.95. The zero-order valence-corrected chi connectivity index (χ0v) is 16.9. The van der Waals surface area contributed by atoms with Crippen molar-refractivity contribution in [3.63, 3.8) is 0 Å². The molecule has 0 unspecified atom stereocenters. The second-order valence-corrected chi connectivity index (χ2v) is 7.64. The van der Waals surface area contributed by atoms with E-state index in [1.165, 1.54) is 0 Å². The van der Waals surface area contributed by atoms with E-state index in [1.807, 2.05) is 50.2 Å². The van der Waals surface area contributed by atoms with Gasteiger partial charge in [0.25, 0.3) is 11.5 Å². The molecule has 0 radical (unpaired) electrons. The number of aryl methyl sites for hydroxylation is 1. The summed E-state index contributed by atoms with van der Waals surface area (Å²) in [6.45, 7) is 4.52. The first-order chi connectivity index (χ1) is 14.6. The molecule has 0 aliphatic carbocycles. The summed E-state index contributed by atoms with van der Waals surface area (Å²) in [7, 11) is 0. The summed E-state index contributed by atoms with van der Waals surface area (Å²) in [4.78, 5) is 31.9. The minimum Gasteiger partial charge on any atom is -0.308 e. The first-order valence-electron chi connectivity index (χ1n) is 10.1. The van der Waals surface area contributed by atoms with Gasteiger partial charge in [0.1, 0.15) is 0 Å². The minimum absolute atomic E-state index is 0.0380. The molecule has 0 fully saturated rings. The van der Waals surface area contributed by atoms with Gasteiger partial charge in [0.15, 0.2) is 0 Å². The third-order valence-electron chi connectivity index (χ3n) is 5.67. The summed E-state index contributed by atoms with van der Waals surface area (Å²) >= 11 is 0. The maximum Gasteiger partial charge on any atom is 0.255 e. The number of aromatic nitrogens is 2. The van der Waals surface area contributed by atoms with Crippen LogP contribution in [0.3, 0.4) is 0 Å². The van der Waals surface area contributed by atoms with Gasteiger partial charge < -0.3 is 4.90 Å². The van der Waals surface area contributed by atoms with E-state index in [-0.39, 0.29) is 11.5 Å². The van der Waals surface area contributed by atoms with E-state index in [0.717, 1.165) is 50.7 Å². The molecule has 0 atom stereocenters. The molecule has 1 amide bonds. The molecule has 148 valence electrons. The number of anilines is 1. The molecule has 0 saturated carbocycles. The number of amides is 1. The van der Waals surface area contributed by atoms with Crippen LogP contribution >= 0.6 is 0 Å². The van der Waals surface area contributed by atoms with Gasteiger partial charge in [0.05, 0.1) is 16.7 Å². The molecule has 5 heteroatoms. The number of hydrogen-bond donors (Lipinski definition) is 0. The standard InChI is InChI=1S/C25H21N3O2/c1-3-4-23(29)27-12-11-17-6-8-19(14-22(17)27)28-24(30)10-7-18-15-26-21-9-5-16(2)13-20(21)25(18)28/h3-10,13-15H,11-12H2,1-2H3/b4-3-. The van der Waals surface area contributed by atoms with Crippen molar-refractivity contribution in [3.05, 3.63) is 88.4 Å². The summed E-state index contributed by atoms with van der Waals surface area (Å²) in [6, 6.07) is 15.4. The third-order valence-corrected chi connectivity index (χ3v) is 5.67. The zero-order valence-electron chi connectivity index (χ0n) is 16.9. The monoisotopic (exact) mass is 395 g/mol. The van der Waals surface area contributed by atoms with E-state index in [9.17, 15) is 9.59 Å². The highest BCUT2D eigenvalue weighted by atomic mass is 16.2. The number of nitrogens with zero attached hydrogens (tertiary/aromatic N) is 3. The van der Waals surface area contributed by atoms with Crippen LogP contribution in [0.4, 0.5) is 5.69 Å². The average Bonchev–Trinajstić information content (AvgIpc) is 3.17. The van der Waals surface area contributed by atoms with E-state index >= 15 is 0 Å². The fraction of sp³-hybridized carbons (Fsp3) is 0.160. The fourth-order valence-electron chi connectivity index (χ4n) is 4.25. The molecule has 1 aliphatic heterocycles. The summed E-state index contributed by atoms with van der Waals surface area (Å²) in [5, 5.41) is 1.84. The Hall–Kier alpha value is -3.73. The lowest BCUT2D eigenvalue weighted by Gasteiger charge is -2.18. The molecule has 5 nitrogen and oxygen atoms in total. The number of hydrogen-bond acceptors (Lipinski definition) is 3. The zero-order chi connectivity index (χ0) is 20.8. The Bertz CT molecular complexity index is 1420. The van der Waals surface area contributed by atoms with Gasteiger partial charge in [0.2, 0.25) is 0 Å². The highest BCUT2D eigenvalue weighted by molar-refractivity contribution is 6.05. The smallest absolute Gasteiger partial charge is 0.255 e. The number of carbonyl (C=O) groups excluding carboxylic acids is 1. The van der Waals surface area contributed by atoms with Gasteiger partial charge in [-0.05, 0) is 62.2 Å². The van der Waals surface area contributed by atoms with Crippen LogP contribution in [0, 0.1) is 6.92 Å². The average molecular weight is 395 g/mol. The lowest BCUT2D eigenvalue weighted by molar-refractivity contribution is -0.114. The Morgan fingerprint density at radius 1 is 1.10 bits per heavy atom. The van der Waals surface area contributed by atoms with Crippen LogP contribution in [0.15, 0.2) is 71.7 Å². The number of fused-ring (bicyclic) bond motifs is 4. The summed E-state index contributed by atoms with van der Waals surface area (Å²) in [6.07, 6.45) is 5.95. The van der Waals surface area contributed by atoms with Crippen LogP contribution in [0.1, 0.15) is 18.1 Å². The van der Waals surface area contributed by atoms with Crippen molar-refractivity contribution in [1.29, 1.82) is 0 Å². The topological polar surface area (TPSA) is 55.2 Å². The lowest BCUT2D eigenvalue weighted by Crippen LogP contribution is -2.27. The molecule has 0 spiro atoms. The molecule has 1 aliphatic rings. The molecular formula is C25H21N3O2. The predicted octanol–water partition coefficient (Wildman–Crippen LogP) is 4.31. The quantitative estimate of drug-likeness (QED) is 0.375. The molecule has 2 aromatic heterocycles. The van der Waals surface area contributed by atoms with Crippen molar-refractivity contribution in [2.45, 2.75) is 20.3 Å². The van der Waals surface area contributed by atoms with Gasteiger partial charge in [-0.3, -0.25) is 19.1 Å². The van der Waals surface area contributed by atoms with Gasteiger partial charge in [-0.15, -0.1) is 0 Å². The normalized spacial score (nSPS) is 13.5. The van der Waals surface area contributed by atoms with Crippen LogP contribution in [0.25, 0.3) is 27.5 Å². The summed E-state index contributed by atoms with van der Waals surface area (Å²) in [5.74, 6) is -0.0380. The summed E-state index contributed by atoms with van der Waals surface area (Å²) < 4.78 is 1.73. The molecule has 4 aromatic rings. The molecule has 0 N–H and O–H groups in total. The van der Waals surface area contributed by atoms with Crippen molar-refractivity contribution in [1.82, 2.24) is 9.55 Å². The Morgan fingerprint density at radius 2 is 1.97 bits per heavy atom. The SMILES string of the molecule is C/C=C\C(=O)N1CCc2ccc(-n3c(=O)ccc4cnc5ccc(C)cc5c43)cc21. The Kier molecular flexibility index (Phi) is 4.24. The van der Waals surface area contributed by atoms with Crippen molar-refractivity contribution in [2.24, 2.45) is 0 Å². The summed E-state index contributed by atoms with van der Waals surface area (Å²) in [5.41, 5.74) is 5.41. The number of benzene rings is 2. The number of rotatable bonds is 2. The van der Waals surface area contributed by atoms with Gasteiger partial charge in [-0.2, -0.15) is 0 Å². The first kappa shape index (κ1) is 18.3. The van der Waals surface area contributed by atoms with E-state index in [2.05, 4.69) is 11.1 Å². The van der Waals surface area contributed by atoms with E-state index < -0.39 is 0 Å². The lowest BCUT2D eigenvalue weighted by atomic mass is 10.1. The van der Waals surface area contributed by atoms with Crippen molar-refractivity contribution in [3.8, 4) is 5.69 Å². The molecule has 3 heterocycles. The van der Waals surface area contributed by atoms with Crippen LogP contribution in [0.2, 0.25) is 0 Å².